The molecular formula is C25H32ClNO5. The third kappa shape index (κ3) is 5.49. The first-order chi connectivity index (χ1) is 15.0. The molecule has 0 bridgehead atoms. The van der Waals surface area contributed by atoms with Crippen LogP contribution < -0.4 is 24.5 Å². The maximum atomic E-state index is 12.7. The average molecular weight is 462 g/mol. The second kappa shape index (κ2) is 11.7. The highest BCUT2D eigenvalue weighted by atomic mass is 35.5. The summed E-state index contributed by atoms with van der Waals surface area (Å²) < 4.78 is 24.7. The zero-order chi connectivity index (χ0) is 22.4. The topological polar surface area (TPSA) is 58.9 Å². The van der Waals surface area contributed by atoms with Crippen LogP contribution in [-0.4, -0.2) is 31.0 Å². The number of rotatable bonds is 10. The molecule has 1 aromatic heterocycles. The molecule has 7 heteroatoms. The molecule has 0 amide bonds. The zero-order valence-electron chi connectivity index (χ0n) is 19.4. The fourth-order valence-electron chi connectivity index (χ4n) is 3.64. The second-order valence-electron chi connectivity index (χ2n) is 7.06. The predicted molar refractivity (Wildman–Crippen MR) is 130 cm³/mol. The number of pyridine rings is 1. The molecule has 6 nitrogen and oxygen atoms in total. The van der Waals surface area contributed by atoms with Crippen molar-refractivity contribution in [3.8, 4) is 23.0 Å². The summed E-state index contributed by atoms with van der Waals surface area (Å²) in [5.41, 5.74) is 1.87. The summed E-state index contributed by atoms with van der Waals surface area (Å²) in [4.78, 5) is 12.7. The van der Waals surface area contributed by atoms with Crippen LogP contribution in [0, 0.1) is 0 Å². The van der Waals surface area contributed by atoms with Crippen molar-refractivity contribution in [3.05, 3.63) is 58.0 Å². The molecule has 0 N–H and O–H groups in total. The second-order valence-corrected chi connectivity index (χ2v) is 7.06. The zero-order valence-corrected chi connectivity index (χ0v) is 20.2. The number of fused-ring (bicyclic) bond motifs is 1. The Labute approximate surface area is 195 Å². The van der Waals surface area contributed by atoms with Gasteiger partial charge in [-0.25, -0.2) is 0 Å². The lowest BCUT2D eigenvalue weighted by atomic mass is 10.0. The molecule has 0 unspecified atom stereocenters. The summed E-state index contributed by atoms with van der Waals surface area (Å²) in [6, 6.07) is 11.4. The summed E-state index contributed by atoms with van der Waals surface area (Å²) in [5.74, 6) is 2.76. The highest BCUT2D eigenvalue weighted by Crippen LogP contribution is 2.35. The van der Waals surface area contributed by atoms with Crippen molar-refractivity contribution in [3.63, 3.8) is 0 Å². The van der Waals surface area contributed by atoms with Gasteiger partial charge >= 0.3 is 0 Å². The van der Waals surface area contributed by atoms with Gasteiger partial charge in [-0.2, -0.15) is 0 Å². The molecule has 0 aliphatic carbocycles. The summed E-state index contributed by atoms with van der Waals surface area (Å²) in [5, 5.41) is 1.79. The molecule has 174 valence electrons. The molecular weight excluding hydrogens is 430 g/mol. The van der Waals surface area contributed by atoms with Crippen LogP contribution in [0.4, 0.5) is 0 Å². The van der Waals surface area contributed by atoms with Crippen LogP contribution in [0.2, 0.25) is 0 Å². The molecule has 0 saturated carbocycles. The van der Waals surface area contributed by atoms with E-state index in [2.05, 4.69) is 0 Å². The molecule has 0 fully saturated rings. The summed E-state index contributed by atoms with van der Waals surface area (Å²) in [6.45, 7) is 9.94. The SMILES string of the molecule is CCOc1ccc(Cc2c3cc(OCC)c(OCC)cc3cc(=O)n2C)cc1OCC.Cl. The van der Waals surface area contributed by atoms with E-state index in [1.165, 1.54) is 0 Å². The minimum absolute atomic E-state index is 0. The van der Waals surface area contributed by atoms with Crippen molar-refractivity contribution in [1.82, 2.24) is 4.57 Å². The van der Waals surface area contributed by atoms with E-state index in [9.17, 15) is 4.79 Å². The van der Waals surface area contributed by atoms with Crippen LogP contribution in [0.3, 0.4) is 0 Å². The highest BCUT2D eigenvalue weighted by Gasteiger charge is 2.15. The van der Waals surface area contributed by atoms with Crippen LogP contribution >= 0.6 is 12.4 Å². The minimum atomic E-state index is -0.0647. The lowest BCUT2D eigenvalue weighted by Crippen LogP contribution is -2.20. The number of benzene rings is 2. The molecule has 32 heavy (non-hydrogen) atoms. The fourth-order valence-corrected chi connectivity index (χ4v) is 3.64. The highest BCUT2D eigenvalue weighted by molar-refractivity contribution is 5.88. The Hall–Kier alpha value is -2.86. The van der Waals surface area contributed by atoms with Crippen LogP contribution in [0.1, 0.15) is 39.0 Å². The fraction of sp³-hybridized carbons (Fsp3) is 0.400. The van der Waals surface area contributed by atoms with Gasteiger partial charge in [-0.1, -0.05) is 6.07 Å². The molecule has 0 radical (unpaired) electrons. The molecule has 3 aromatic rings. The molecule has 0 saturated heterocycles. The third-order valence-electron chi connectivity index (χ3n) is 5.02. The Balaban J connectivity index is 0.00000363. The number of aromatic nitrogens is 1. The maximum absolute atomic E-state index is 12.7. The van der Waals surface area contributed by atoms with Crippen LogP contribution in [0.25, 0.3) is 10.8 Å². The normalized spacial score (nSPS) is 10.5. The van der Waals surface area contributed by atoms with E-state index in [-0.39, 0.29) is 18.0 Å². The van der Waals surface area contributed by atoms with Crippen molar-refractivity contribution in [2.24, 2.45) is 7.05 Å². The van der Waals surface area contributed by atoms with Crippen LogP contribution in [0.15, 0.2) is 41.2 Å². The molecule has 1 heterocycles. The standard InChI is InChI=1S/C25H31NO5.ClH/c1-6-28-21-11-10-17(13-22(21)29-7-2)12-20-19-16-24(31-9-4)23(30-8-3)14-18(19)15-25(27)26(20)5;/h10-11,13-16H,6-9,12H2,1-5H3;1H. The van der Waals surface area contributed by atoms with Crippen LogP contribution in [0.5, 0.6) is 23.0 Å². The van der Waals surface area contributed by atoms with Gasteiger partial charge in [-0.3, -0.25) is 4.79 Å². The maximum Gasteiger partial charge on any atom is 0.251 e. The molecule has 3 rings (SSSR count). The summed E-state index contributed by atoms with van der Waals surface area (Å²) in [6.07, 6.45) is 0.565. The minimum Gasteiger partial charge on any atom is -0.490 e. The largest absolute Gasteiger partial charge is 0.490 e. The molecule has 2 aromatic carbocycles. The Kier molecular flexibility index (Phi) is 9.27. The van der Waals surface area contributed by atoms with Crippen molar-refractivity contribution in [2.75, 3.05) is 26.4 Å². The van der Waals surface area contributed by atoms with Crippen molar-refractivity contribution < 1.29 is 18.9 Å². The van der Waals surface area contributed by atoms with Gasteiger partial charge in [0.05, 0.1) is 26.4 Å². The van der Waals surface area contributed by atoms with E-state index >= 15 is 0 Å². The smallest absolute Gasteiger partial charge is 0.251 e. The Morgan fingerprint density at radius 2 is 1.25 bits per heavy atom. The lowest BCUT2D eigenvalue weighted by Gasteiger charge is -2.17. The van der Waals surface area contributed by atoms with Gasteiger partial charge in [0, 0.05) is 30.6 Å². The van der Waals surface area contributed by atoms with Crippen LogP contribution in [-0.2, 0) is 13.5 Å². The first-order valence-electron chi connectivity index (χ1n) is 10.8. The Bertz CT molecular complexity index is 1110. The molecule has 0 atom stereocenters. The van der Waals surface area contributed by atoms with Gasteiger partial charge in [-0.05, 0) is 62.9 Å². The predicted octanol–water partition coefficient (Wildman–Crippen LogP) is 5.15. The van der Waals surface area contributed by atoms with Gasteiger partial charge in [0.25, 0.3) is 5.56 Å². The van der Waals surface area contributed by atoms with E-state index in [1.54, 1.807) is 17.7 Å². The van der Waals surface area contributed by atoms with Gasteiger partial charge in [0.15, 0.2) is 23.0 Å². The monoisotopic (exact) mass is 461 g/mol. The summed E-state index contributed by atoms with van der Waals surface area (Å²) in [7, 11) is 1.80. The number of nitrogens with zero attached hydrogens (tertiary/aromatic N) is 1. The quantitative estimate of drug-likeness (QED) is 0.418. The first kappa shape index (κ1) is 25.4. The lowest BCUT2D eigenvalue weighted by molar-refractivity contribution is 0.287. The number of hydrogen-bond donors (Lipinski definition) is 0. The van der Waals surface area contributed by atoms with E-state index in [4.69, 9.17) is 18.9 Å². The molecule has 0 aliphatic heterocycles. The van der Waals surface area contributed by atoms with Crippen molar-refractivity contribution >= 4 is 23.2 Å². The van der Waals surface area contributed by atoms with Gasteiger partial charge in [0.2, 0.25) is 0 Å². The Morgan fingerprint density at radius 3 is 1.84 bits per heavy atom. The van der Waals surface area contributed by atoms with E-state index in [0.717, 1.165) is 27.8 Å². The number of ether oxygens (including phenoxy) is 4. The van der Waals surface area contributed by atoms with Gasteiger partial charge in [-0.15, -0.1) is 12.4 Å². The molecule has 0 spiro atoms. The van der Waals surface area contributed by atoms with E-state index in [1.807, 2.05) is 58.0 Å². The molecule has 0 aliphatic rings. The van der Waals surface area contributed by atoms with Gasteiger partial charge < -0.3 is 23.5 Å². The van der Waals surface area contributed by atoms with Crippen molar-refractivity contribution in [1.29, 1.82) is 0 Å². The summed E-state index contributed by atoms with van der Waals surface area (Å²) >= 11 is 0. The van der Waals surface area contributed by atoms with E-state index in [0.29, 0.717) is 50.1 Å². The van der Waals surface area contributed by atoms with Gasteiger partial charge in [0.1, 0.15) is 0 Å². The van der Waals surface area contributed by atoms with E-state index < -0.39 is 0 Å². The first-order valence-corrected chi connectivity index (χ1v) is 10.8. The Morgan fingerprint density at radius 1 is 0.719 bits per heavy atom. The number of halogens is 1. The number of hydrogen-bond acceptors (Lipinski definition) is 5. The van der Waals surface area contributed by atoms with Crippen molar-refractivity contribution in [2.45, 2.75) is 34.1 Å². The third-order valence-corrected chi connectivity index (χ3v) is 5.02. The average Bonchev–Trinajstić information content (AvgIpc) is 2.75.